The lowest BCUT2D eigenvalue weighted by atomic mass is 10.3. The SMILES string of the molecule is COc1cc(NC(N)=NC2CC2)ccc1Cl. The normalized spacial score (nSPS) is 16.0. The summed E-state index contributed by atoms with van der Waals surface area (Å²) in [6.45, 7) is 0. The lowest BCUT2D eigenvalue weighted by Crippen LogP contribution is -2.23. The van der Waals surface area contributed by atoms with E-state index in [1.807, 2.05) is 6.07 Å². The Balaban J connectivity index is 2.08. The number of anilines is 1. The quantitative estimate of drug-likeness (QED) is 0.628. The first-order valence-corrected chi connectivity index (χ1v) is 5.50. The van der Waals surface area contributed by atoms with Gasteiger partial charge in [0.05, 0.1) is 18.2 Å². The van der Waals surface area contributed by atoms with Crippen LogP contribution in [0.3, 0.4) is 0 Å². The number of aliphatic imine (C=N–C) groups is 1. The van der Waals surface area contributed by atoms with Gasteiger partial charge in [-0.25, -0.2) is 4.99 Å². The van der Waals surface area contributed by atoms with Crippen LogP contribution in [0.5, 0.6) is 5.75 Å². The lowest BCUT2D eigenvalue weighted by Gasteiger charge is -2.08. The molecule has 4 nitrogen and oxygen atoms in total. The molecule has 1 aliphatic carbocycles. The van der Waals surface area contributed by atoms with E-state index in [-0.39, 0.29) is 0 Å². The Labute approximate surface area is 99.5 Å². The smallest absolute Gasteiger partial charge is 0.193 e. The van der Waals surface area contributed by atoms with Crippen LogP contribution < -0.4 is 15.8 Å². The molecule has 0 unspecified atom stereocenters. The largest absolute Gasteiger partial charge is 0.495 e. The number of nitrogens with zero attached hydrogens (tertiary/aromatic N) is 1. The van der Waals surface area contributed by atoms with Crippen molar-refractivity contribution in [2.45, 2.75) is 18.9 Å². The molecule has 1 aliphatic rings. The molecule has 0 aliphatic heterocycles. The topological polar surface area (TPSA) is 59.6 Å². The first-order chi connectivity index (χ1) is 7.69. The van der Waals surface area contributed by atoms with E-state index in [2.05, 4.69) is 10.3 Å². The van der Waals surface area contributed by atoms with Crippen molar-refractivity contribution in [1.29, 1.82) is 0 Å². The number of guanidine groups is 1. The van der Waals surface area contributed by atoms with Gasteiger partial charge in [-0.05, 0) is 25.0 Å². The molecule has 1 aromatic carbocycles. The highest BCUT2D eigenvalue weighted by atomic mass is 35.5. The molecular formula is C11H14ClN3O. The Bertz CT molecular complexity index is 416. The van der Waals surface area contributed by atoms with Crippen molar-refractivity contribution in [3.8, 4) is 5.75 Å². The molecule has 0 aromatic heterocycles. The summed E-state index contributed by atoms with van der Waals surface area (Å²) in [6.07, 6.45) is 2.26. The van der Waals surface area contributed by atoms with Gasteiger partial charge in [-0.15, -0.1) is 0 Å². The van der Waals surface area contributed by atoms with Crippen LogP contribution in [0.2, 0.25) is 5.02 Å². The molecule has 1 aromatic rings. The van der Waals surface area contributed by atoms with Crippen molar-refractivity contribution in [3.63, 3.8) is 0 Å². The molecule has 16 heavy (non-hydrogen) atoms. The third-order valence-corrected chi connectivity index (χ3v) is 2.60. The first-order valence-electron chi connectivity index (χ1n) is 5.13. The van der Waals surface area contributed by atoms with Crippen LogP contribution >= 0.6 is 11.6 Å². The van der Waals surface area contributed by atoms with E-state index in [9.17, 15) is 0 Å². The fourth-order valence-electron chi connectivity index (χ4n) is 1.32. The third kappa shape index (κ3) is 2.79. The zero-order chi connectivity index (χ0) is 11.5. The van der Waals surface area contributed by atoms with Crippen molar-refractivity contribution in [2.24, 2.45) is 10.7 Å². The molecule has 2 rings (SSSR count). The van der Waals surface area contributed by atoms with E-state index in [1.54, 1.807) is 19.2 Å². The number of benzene rings is 1. The Kier molecular flexibility index (Phi) is 3.19. The molecular weight excluding hydrogens is 226 g/mol. The third-order valence-electron chi connectivity index (χ3n) is 2.29. The molecule has 86 valence electrons. The minimum atomic E-state index is 0.404. The number of nitrogens with two attached hydrogens (primary N) is 1. The average molecular weight is 240 g/mol. The summed E-state index contributed by atoms with van der Waals surface area (Å²) in [7, 11) is 1.58. The minimum absolute atomic E-state index is 0.404. The molecule has 0 amide bonds. The maximum Gasteiger partial charge on any atom is 0.193 e. The summed E-state index contributed by atoms with van der Waals surface area (Å²) >= 11 is 5.91. The fraction of sp³-hybridized carbons (Fsp3) is 0.364. The van der Waals surface area contributed by atoms with Crippen LogP contribution in [0, 0.1) is 0 Å². The fourth-order valence-corrected chi connectivity index (χ4v) is 1.51. The summed E-state index contributed by atoms with van der Waals surface area (Å²) in [4.78, 5) is 4.27. The van der Waals surface area contributed by atoms with Crippen LogP contribution in [-0.4, -0.2) is 19.1 Å². The second-order valence-electron chi connectivity index (χ2n) is 3.72. The zero-order valence-corrected chi connectivity index (χ0v) is 9.79. The molecule has 0 radical (unpaired) electrons. The minimum Gasteiger partial charge on any atom is -0.495 e. The van der Waals surface area contributed by atoms with Gasteiger partial charge in [-0.3, -0.25) is 0 Å². The molecule has 3 N–H and O–H groups in total. The van der Waals surface area contributed by atoms with Gasteiger partial charge in [-0.2, -0.15) is 0 Å². The highest BCUT2D eigenvalue weighted by molar-refractivity contribution is 6.32. The summed E-state index contributed by atoms with van der Waals surface area (Å²) in [5.74, 6) is 1.05. The van der Waals surface area contributed by atoms with Gasteiger partial charge in [-0.1, -0.05) is 11.6 Å². The predicted molar refractivity (Wildman–Crippen MR) is 66.3 cm³/mol. The van der Waals surface area contributed by atoms with Gasteiger partial charge in [0.25, 0.3) is 0 Å². The summed E-state index contributed by atoms with van der Waals surface area (Å²) in [5, 5.41) is 3.58. The lowest BCUT2D eigenvalue weighted by molar-refractivity contribution is 0.415. The molecule has 0 atom stereocenters. The zero-order valence-electron chi connectivity index (χ0n) is 9.03. The van der Waals surface area contributed by atoms with Crippen LogP contribution in [0.25, 0.3) is 0 Å². The van der Waals surface area contributed by atoms with Gasteiger partial charge in [0.1, 0.15) is 5.75 Å². The maximum atomic E-state index is 5.91. The van der Waals surface area contributed by atoms with E-state index in [1.165, 1.54) is 0 Å². The number of nitrogens with one attached hydrogen (secondary N) is 1. The van der Waals surface area contributed by atoms with Crippen molar-refractivity contribution >= 4 is 23.2 Å². The Morgan fingerprint density at radius 1 is 1.56 bits per heavy atom. The van der Waals surface area contributed by atoms with Crippen LogP contribution in [0.4, 0.5) is 5.69 Å². The number of hydrogen-bond acceptors (Lipinski definition) is 2. The van der Waals surface area contributed by atoms with Crippen molar-refractivity contribution < 1.29 is 4.74 Å². The highest BCUT2D eigenvalue weighted by Gasteiger charge is 2.20. The van der Waals surface area contributed by atoms with Gasteiger partial charge >= 0.3 is 0 Å². The van der Waals surface area contributed by atoms with E-state index in [4.69, 9.17) is 22.1 Å². The van der Waals surface area contributed by atoms with Crippen LogP contribution in [0.1, 0.15) is 12.8 Å². The van der Waals surface area contributed by atoms with Gasteiger partial charge < -0.3 is 15.8 Å². The Morgan fingerprint density at radius 2 is 2.31 bits per heavy atom. The molecule has 0 heterocycles. The van der Waals surface area contributed by atoms with Gasteiger partial charge in [0, 0.05) is 11.8 Å². The van der Waals surface area contributed by atoms with Crippen LogP contribution in [0.15, 0.2) is 23.2 Å². The molecule has 0 saturated heterocycles. The standard InChI is InChI=1S/C11H14ClN3O/c1-16-10-6-8(4-5-9(10)12)15-11(13)14-7-2-3-7/h4-7H,2-3H2,1H3,(H3,13,14,15). The number of rotatable bonds is 3. The van der Waals surface area contributed by atoms with Crippen LogP contribution in [-0.2, 0) is 0 Å². The predicted octanol–water partition coefficient (Wildman–Crippen LogP) is 2.24. The summed E-state index contributed by atoms with van der Waals surface area (Å²) < 4.78 is 5.11. The van der Waals surface area contributed by atoms with Crippen molar-refractivity contribution in [3.05, 3.63) is 23.2 Å². The van der Waals surface area contributed by atoms with E-state index in [0.717, 1.165) is 18.5 Å². The van der Waals surface area contributed by atoms with Gasteiger partial charge in [0.15, 0.2) is 5.96 Å². The highest BCUT2D eigenvalue weighted by Crippen LogP contribution is 2.27. The maximum absolute atomic E-state index is 5.91. The van der Waals surface area contributed by atoms with E-state index in [0.29, 0.717) is 22.8 Å². The van der Waals surface area contributed by atoms with Crippen molar-refractivity contribution in [1.82, 2.24) is 0 Å². The second-order valence-corrected chi connectivity index (χ2v) is 4.13. The van der Waals surface area contributed by atoms with Crippen molar-refractivity contribution in [2.75, 3.05) is 12.4 Å². The molecule has 1 saturated carbocycles. The molecule has 0 spiro atoms. The first kappa shape index (κ1) is 11.1. The molecule has 1 fully saturated rings. The Hall–Kier alpha value is -1.42. The van der Waals surface area contributed by atoms with E-state index >= 15 is 0 Å². The van der Waals surface area contributed by atoms with E-state index < -0.39 is 0 Å². The number of ether oxygens (including phenoxy) is 1. The molecule has 5 heteroatoms. The monoisotopic (exact) mass is 239 g/mol. The Morgan fingerprint density at radius 3 is 2.94 bits per heavy atom. The second kappa shape index (κ2) is 4.61. The summed E-state index contributed by atoms with van der Waals surface area (Å²) in [5.41, 5.74) is 6.56. The number of halogens is 1. The van der Waals surface area contributed by atoms with Gasteiger partial charge in [0.2, 0.25) is 0 Å². The summed E-state index contributed by atoms with van der Waals surface area (Å²) in [6, 6.07) is 5.78. The number of hydrogen-bond donors (Lipinski definition) is 2. The molecule has 0 bridgehead atoms. The average Bonchev–Trinajstić information content (AvgIpc) is 3.04. The number of methoxy groups -OCH3 is 1.